The molecule has 21 heavy (non-hydrogen) atoms. The Labute approximate surface area is 138 Å². The van der Waals surface area contributed by atoms with Crippen LogP contribution in [0.1, 0.15) is 10.4 Å². The Balaban J connectivity index is 1.96. The van der Waals surface area contributed by atoms with Gasteiger partial charge in [-0.1, -0.05) is 17.7 Å². The Kier molecular flexibility index (Phi) is 4.10. The average molecular weight is 383 g/mol. The van der Waals surface area contributed by atoms with Crippen LogP contribution in [0.3, 0.4) is 0 Å². The molecule has 7 heteroatoms. The summed E-state index contributed by atoms with van der Waals surface area (Å²) in [6.45, 7) is 0. The normalized spacial score (nSPS) is 10.6. The number of nitrogens with one attached hydrogen (secondary N) is 1. The molecule has 3 rings (SSSR count). The number of thiophene rings is 1. The van der Waals surface area contributed by atoms with Gasteiger partial charge in [0.2, 0.25) is 0 Å². The smallest absolute Gasteiger partial charge is 0.256 e. The van der Waals surface area contributed by atoms with Crippen molar-refractivity contribution in [3.63, 3.8) is 0 Å². The van der Waals surface area contributed by atoms with E-state index >= 15 is 0 Å². The van der Waals surface area contributed by atoms with Gasteiger partial charge in [0.1, 0.15) is 5.69 Å². The summed E-state index contributed by atoms with van der Waals surface area (Å²) in [5.41, 5.74) is 1.85. The van der Waals surface area contributed by atoms with E-state index in [0.29, 0.717) is 22.0 Å². The zero-order valence-corrected chi connectivity index (χ0v) is 13.7. The summed E-state index contributed by atoms with van der Waals surface area (Å²) in [7, 11) is 0. The first-order valence-electron chi connectivity index (χ1n) is 5.99. The van der Waals surface area contributed by atoms with Crippen LogP contribution in [0, 0.1) is 0 Å². The van der Waals surface area contributed by atoms with Crippen molar-refractivity contribution in [3.05, 3.63) is 62.5 Å². The van der Waals surface area contributed by atoms with Crippen LogP contribution in [-0.2, 0) is 0 Å². The zero-order chi connectivity index (χ0) is 14.8. The lowest BCUT2D eigenvalue weighted by Gasteiger charge is -2.12. The third-order valence-corrected chi connectivity index (χ3v) is 4.61. The van der Waals surface area contributed by atoms with Gasteiger partial charge in [0, 0.05) is 17.8 Å². The fraction of sp³-hybridized carbons (Fsp3) is 0. The van der Waals surface area contributed by atoms with Gasteiger partial charge < -0.3 is 5.32 Å². The highest BCUT2D eigenvalue weighted by molar-refractivity contribution is 9.11. The van der Waals surface area contributed by atoms with E-state index in [-0.39, 0.29) is 5.91 Å². The van der Waals surface area contributed by atoms with Gasteiger partial charge in [-0.25, -0.2) is 4.68 Å². The van der Waals surface area contributed by atoms with Crippen molar-refractivity contribution in [3.8, 4) is 5.69 Å². The minimum Gasteiger partial charge on any atom is -0.320 e. The number of rotatable bonds is 3. The summed E-state index contributed by atoms with van der Waals surface area (Å²) in [4.78, 5) is 12.3. The van der Waals surface area contributed by atoms with Gasteiger partial charge in [-0.05, 0) is 40.2 Å². The molecule has 1 aromatic carbocycles. The Morgan fingerprint density at radius 2 is 2.24 bits per heavy atom. The number of nitrogens with zero attached hydrogens (tertiary/aromatic N) is 2. The summed E-state index contributed by atoms with van der Waals surface area (Å²) in [6, 6.07) is 8.91. The predicted octanol–water partition coefficient (Wildman–Crippen LogP) is 4.60. The van der Waals surface area contributed by atoms with Crippen molar-refractivity contribution in [2.75, 3.05) is 5.32 Å². The summed E-state index contributed by atoms with van der Waals surface area (Å²) in [6.07, 6.45) is 3.43. The summed E-state index contributed by atoms with van der Waals surface area (Å²) < 4.78 is 2.53. The van der Waals surface area contributed by atoms with Crippen LogP contribution in [0.2, 0.25) is 5.02 Å². The fourth-order valence-electron chi connectivity index (χ4n) is 1.87. The highest BCUT2D eigenvalue weighted by atomic mass is 79.9. The molecule has 0 radical (unpaired) electrons. The largest absolute Gasteiger partial charge is 0.320 e. The minimum atomic E-state index is -0.187. The van der Waals surface area contributed by atoms with E-state index in [1.165, 1.54) is 11.3 Å². The van der Waals surface area contributed by atoms with E-state index in [0.717, 1.165) is 3.79 Å². The molecule has 2 heterocycles. The molecule has 0 unspecified atom stereocenters. The molecule has 0 bridgehead atoms. The van der Waals surface area contributed by atoms with Crippen molar-refractivity contribution in [2.45, 2.75) is 0 Å². The number of carbonyl (C=O) groups excluding carboxylic acids is 1. The second kappa shape index (κ2) is 6.01. The zero-order valence-electron chi connectivity index (χ0n) is 10.6. The fourth-order valence-corrected chi connectivity index (χ4v) is 3.27. The van der Waals surface area contributed by atoms with Crippen LogP contribution in [0.15, 0.2) is 51.9 Å². The van der Waals surface area contributed by atoms with Gasteiger partial charge in [-0.3, -0.25) is 4.79 Å². The second-order valence-corrected chi connectivity index (χ2v) is 6.88. The predicted molar refractivity (Wildman–Crippen MR) is 88.5 cm³/mol. The highest BCUT2D eigenvalue weighted by Crippen LogP contribution is 2.29. The molecule has 2 aromatic heterocycles. The summed E-state index contributed by atoms with van der Waals surface area (Å²) >= 11 is 11.0. The molecular formula is C14H9BrClN3OS. The van der Waals surface area contributed by atoms with Crippen molar-refractivity contribution in [1.82, 2.24) is 9.78 Å². The van der Waals surface area contributed by atoms with Crippen LogP contribution in [0.5, 0.6) is 0 Å². The summed E-state index contributed by atoms with van der Waals surface area (Å²) in [5.74, 6) is -0.187. The van der Waals surface area contributed by atoms with E-state index in [9.17, 15) is 4.79 Å². The molecule has 0 aliphatic carbocycles. The molecule has 0 aliphatic rings. The van der Waals surface area contributed by atoms with Crippen molar-refractivity contribution < 1.29 is 4.79 Å². The van der Waals surface area contributed by atoms with Gasteiger partial charge >= 0.3 is 0 Å². The Hall–Kier alpha value is -1.63. The lowest BCUT2D eigenvalue weighted by atomic mass is 10.2. The Morgan fingerprint density at radius 1 is 1.38 bits per heavy atom. The number of hydrogen-bond acceptors (Lipinski definition) is 3. The first-order chi connectivity index (χ1) is 10.1. The standard InChI is InChI=1S/C14H9BrClN3OS/c15-12-7-9(8-21-12)14(20)18-11-4-1-3-10(16)13(11)19-6-2-5-17-19/h1-8H,(H,18,20). The monoisotopic (exact) mass is 381 g/mol. The van der Waals surface area contributed by atoms with Gasteiger partial charge in [-0.15, -0.1) is 11.3 Å². The molecule has 0 fully saturated rings. The van der Waals surface area contributed by atoms with Crippen LogP contribution < -0.4 is 5.32 Å². The maximum absolute atomic E-state index is 12.3. The van der Waals surface area contributed by atoms with Gasteiger partial charge in [0.25, 0.3) is 5.91 Å². The number of aromatic nitrogens is 2. The topological polar surface area (TPSA) is 46.9 Å². The van der Waals surface area contributed by atoms with Crippen LogP contribution in [0.4, 0.5) is 5.69 Å². The third-order valence-electron chi connectivity index (χ3n) is 2.80. The van der Waals surface area contributed by atoms with E-state index in [4.69, 9.17) is 11.6 Å². The molecule has 4 nitrogen and oxygen atoms in total. The lowest BCUT2D eigenvalue weighted by molar-refractivity contribution is 0.102. The second-order valence-electron chi connectivity index (χ2n) is 4.18. The maximum atomic E-state index is 12.3. The van der Waals surface area contributed by atoms with Crippen LogP contribution in [-0.4, -0.2) is 15.7 Å². The number of carbonyl (C=O) groups is 1. The quantitative estimate of drug-likeness (QED) is 0.719. The van der Waals surface area contributed by atoms with Crippen LogP contribution >= 0.6 is 38.9 Å². The van der Waals surface area contributed by atoms with Crippen LogP contribution in [0.25, 0.3) is 5.69 Å². The number of halogens is 2. The molecule has 1 amide bonds. The molecule has 1 N–H and O–H groups in total. The molecule has 0 aliphatic heterocycles. The van der Waals surface area contributed by atoms with Crippen molar-refractivity contribution >= 4 is 50.5 Å². The van der Waals surface area contributed by atoms with E-state index in [1.807, 2.05) is 0 Å². The van der Waals surface area contributed by atoms with Crippen molar-refractivity contribution in [2.24, 2.45) is 0 Å². The molecule has 3 aromatic rings. The molecule has 0 spiro atoms. The number of hydrogen-bond donors (Lipinski definition) is 1. The van der Waals surface area contributed by atoms with Gasteiger partial charge in [-0.2, -0.15) is 5.10 Å². The number of anilines is 1. The van der Waals surface area contributed by atoms with E-state index in [1.54, 1.807) is 52.8 Å². The molecular weight excluding hydrogens is 374 g/mol. The average Bonchev–Trinajstić information content (AvgIpc) is 3.10. The van der Waals surface area contributed by atoms with Gasteiger partial charge in [0.15, 0.2) is 0 Å². The highest BCUT2D eigenvalue weighted by Gasteiger charge is 2.14. The van der Waals surface area contributed by atoms with E-state index in [2.05, 4.69) is 26.3 Å². The number of benzene rings is 1. The van der Waals surface area contributed by atoms with Gasteiger partial charge in [0.05, 0.1) is 20.1 Å². The third kappa shape index (κ3) is 3.02. The first-order valence-corrected chi connectivity index (χ1v) is 8.04. The molecule has 0 saturated heterocycles. The first kappa shape index (κ1) is 14.3. The Bertz CT molecular complexity index is 785. The number of para-hydroxylation sites is 1. The molecule has 0 saturated carbocycles. The molecule has 106 valence electrons. The SMILES string of the molecule is O=C(Nc1cccc(Cl)c1-n1cccn1)c1csc(Br)c1. The number of amides is 1. The van der Waals surface area contributed by atoms with E-state index < -0.39 is 0 Å². The Morgan fingerprint density at radius 3 is 2.90 bits per heavy atom. The maximum Gasteiger partial charge on any atom is 0.256 e. The lowest BCUT2D eigenvalue weighted by Crippen LogP contribution is -2.13. The minimum absolute atomic E-state index is 0.187. The summed E-state index contributed by atoms with van der Waals surface area (Å²) in [5, 5.41) is 9.34. The van der Waals surface area contributed by atoms with Crippen molar-refractivity contribution in [1.29, 1.82) is 0 Å². The molecule has 0 atom stereocenters.